The molecule has 0 bridgehead atoms. The maximum atomic E-state index is 13.4. The third-order valence-corrected chi connectivity index (χ3v) is 4.14. The number of furan rings is 1. The fourth-order valence-corrected chi connectivity index (χ4v) is 2.86. The lowest BCUT2D eigenvalue weighted by atomic mass is 10.0. The lowest BCUT2D eigenvalue weighted by Gasteiger charge is -2.22. The molecule has 0 aliphatic heterocycles. The van der Waals surface area contributed by atoms with E-state index in [0.717, 1.165) is 24.0 Å². The molecule has 1 heterocycles. The molecule has 0 saturated heterocycles. The van der Waals surface area contributed by atoms with Crippen LogP contribution in [0.25, 0.3) is 0 Å². The highest BCUT2D eigenvalue weighted by atomic mass is 19.1. The molecule has 0 unspecified atom stereocenters. The molecule has 5 nitrogen and oxygen atoms in total. The lowest BCUT2D eigenvalue weighted by molar-refractivity contribution is 0.0366. The van der Waals surface area contributed by atoms with Crippen molar-refractivity contribution in [3.63, 3.8) is 0 Å². The maximum Gasteiger partial charge on any atom is 0.315 e. The molecule has 2 amide bonds. The van der Waals surface area contributed by atoms with Crippen molar-refractivity contribution in [3.05, 3.63) is 59.3 Å². The molecule has 2 aromatic rings. The Kier molecular flexibility index (Phi) is 4.09. The fraction of sp³-hybridized carbons (Fsp3) is 0.353. The van der Waals surface area contributed by atoms with E-state index in [1.807, 2.05) is 0 Å². The van der Waals surface area contributed by atoms with Crippen LogP contribution < -0.4 is 10.6 Å². The SMILES string of the molecule is C[C@](O)(CNC(=O)N[C@@H]1CCc2ccc(F)cc21)c1ccco1. The van der Waals surface area contributed by atoms with Crippen LogP contribution in [0.3, 0.4) is 0 Å². The zero-order valence-electron chi connectivity index (χ0n) is 12.8. The van der Waals surface area contributed by atoms with Crippen LogP contribution in [-0.4, -0.2) is 17.7 Å². The van der Waals surface area contributed by atoms with Crippen molar-refractivity contribution in [1.29, 1.82) is 0 Å². The summed E-state index contributed by atoms with van der Waals surface area (Å²) in [6.45, 7) is 1.57. The predicted octanol–water partition coefficient (Wildman–Crippen LogP) is 2.61. The molecular formula is C17H19FN2O3. The summed E-state index contributed by atoms with van der Waals surface area (Å²) in [5, 5.41) is 15.7. The second kappa shape index (κ2) is 6.04. The summed E-state index contributed by atoms with van der Waals surface area (Å²) >= 11 is 0. The number of urea groups is 1. The molecule has 0 saturated carbocycles. The first-order chi connectivity index (χ1) is 11.0. The number of carbonyl (C=O) groups is 1. The first-order valence-corrected chi connectivity index (χ1v) is 7.55. The van der Waals surface area contributed by atoms with Gasteiger partial charge in [0.25, 0.3) is 0 Å². The molecule has 3 rings (SSSR count). The molecule has 2 atom stereocenters. The van der Waals surface area contributed by atoms with Crippen LogP contribution >= 0.6 is 0 Å². The van der Waals surface area contributed by atoms with Crippen LogP contribution in [0.2, 0.25) is 0 Å². The van der Waals surface area contributed by atoms with Crippen LogP contribution in [-0.2, 0) is 12.0 Å². The van der Waals surface area contributed by atoms with Crippen molar-refractivity contribution in [2.75, 3.05) is 6.54 Å². The second-order valence-electron chi connectivity index (χ2n) is 6.01. The Morgan fingerprint density at radius 1 is 1.48 bits per heavy atom. The van der Waals surface area contributed by atoms with Gasteiger partial charge in [-0.2, -0.15) is 0 Å². The van der Waals surface area contributed by atoms with Gasteiger partial charge in [0.2, 0.25) is 0 Å². The van der Waals surface area contributed by atoms with Crippen molar-refractivity contribution in [2.24, 2.45) is 0 Å². The number of benzene rings is 1. The Balaban J connectivity index is 1.58. The zero-order chi connectivity index (χ0) is 16.4. The van der Waals surface area contributed by atoms with E-state index < -0.39 is 11.6 Å². The summed E-state index contributed by atoms with van der Waals surface area (Å²) < 4.78 is 18.5. The summed E-state index contributed by atoms with van der Waals surface area (Å²) in [5.74, 6) is 0.0738. The molecular weight excluding hydrogens is 299 g/mol. The molecule has 0 fully saturated rings. The van der Waals surface area contributed by atoms with Gasteiger partial charge in [-0.3, -0.25) is 0 Å². The summed E-state index contributed by atoms with van der Waals surface area (Å²) in [6.07, 6.45) is 3.01. The van der Waals surface area contributed by atoms with Gasteiger partial charge in [-0.05, 0) is 55.2 Å². The van der Waals surface area contributed by atoms with Crippen molar-refractivity contribution in [3.8, 4) is 0 Å². The molecule has 1 aromatic heterocycles. The number of carbonyl (C=O) groups excluding carboxylic acids is 1. The molecule has 23 heavy (non-hydrogen) atoms. The van der Waals surface area contributed by atoms with E-state index in [0.29, 0.717) is 5.76 Å². The van der Waals surface area contributed by atoms with Gasteiger partial charge >= 0.3 is 6.03 Å². The van der Waals surface area contributed by atoms with Gasteiger partial charge in [-0.15, -0.1) is 0 Å². The average Bonchev–Trinajstić information content (AvgIpc) is 3.16. The predicted molar refractivity (Wildman–Crippen MR) is 82.3 cm³/mol. The molecule has 122 valence electrons. The number of hydrogen-bond donors (Lipinski definition) is 3. The van der Waals surface area contributed by atoms with E-state index in [-0.39, 0.29) is 18.4 Å². The van der Waals surface area contributed by atoms with Gasteiger partial charge in [0.15, 0.2) is 0 Å². The summed E-state index contributed by atoms with van der Waals surface area (Å²) in [4.78, 5) is 12.1. The van der Waals surface area contributed by atoms with Gasteiger partial charge in [0, 0.05) is 0 Å². The minimum Gasteiger partial charge on any atom is -0.466 e. The monoisotopic (exact) mass is 318 g/mol. The summed E-state index contributed by atoms with van der Waals surface area (Å²) in [7, 11) is 0. The number of hydrogen-bond acceptors (Lipinski definition) is 3. The first kappa shape index (κ1) is 15.6. The van der Waals surface area contributed by atoms with Crippen molar-refractivity contribution in [2.45, 2.75) is 31.4 Å². The van der Waals surface area contributed by atoms with E-state index in [1.165, 1.54) is 18.4 Å². The van der Waals surface area contributed by atoms with Gasteiger partial charge in [0.1, 0.15) is 17.2 Å². The Morgan fingerprint density at radius 2 is 2.30 bits per heavy atom. The van der Waals surface area contributed by atoms with E-state index >= 15 is 0 Å². The first-order valence-electron chi connectivity index (χ1n) is 7.55. The highest BCUT2D eigenvalue weighted by molar-refractivity contribution is 5.74. The van der Waals surface area contributed by atoms with Crippen molar-refractivity contribution >= 4 is 6.03 Å². The van der Waals surface area contributed by atoms with E-state index in [9.17, 15) is 14.3 Å². The Labute approximate surface area is 133 Å². The molecule has 6 heteroatoms. The largest absolute Gasteiger partial charge is 0.466 e. The normalized spacial score (nSPS) is 19.0. The number of nitrogens with one attached hydrogen (secondary N) is 2. The van der Waals surface area contributed by atoms with Crippen LogP contribution in [0, 0.1) is 5.82 Å². The fourth-order valence-electron chi connectivity index (χ4n) is 2.86. The average molecular weight is 318 g/mol. The van der Waals surface area contributed by atoms with Gasteiger partial charge in [-0.25, -0.2) is 9.18 Å². The molecule has 3 N–H and O–H groups in total. The quantitative estimate of drug-likeness (QED) is 0.811. The van der Waals surface area contributed by atoms with Gasteiger partial charge in [0.05, 0.1) is 18.8 Å². The summed E-state index contributed by atoms with van der Waals surface area (Å²) in [5.41, 5.74) is 0.581. The van der Waals surface area contributed by atoms with Crippen molar-refractivity contribution in [1.82, 2.24) is 10.6 Å². The van der Waals surface area contributed by atoms with E-state index in [1.54, 1.807) is 25.1 Å². The van der Waals surface area contributed by atoms with Crippen LogP contribution in [0.4, 0.5) is 9.18 Å². The number of fused-ring (bicyclic) bond motifs is 1. The van der Waals surface area contributed by atoms with Crippen LogP contribution in [0.15, 0.2) is 41.0 Å². The van der Waals surface area contributed by atoms with E-state index in [4.69, 9.17) is 4.42 Å². The van der Waals surface area contributed by atoms with E-state index in [2.05, 4.69) is 10.6 Å². The maximum absolute atomic E-state index is 13.4. The smallest absolute Gasteiger partial charge is 0.315 e. The third kappa shape index (κ3) is 3.37. The van der Waals surface area contributed by atoms with Gasteiger partial charge < -0.3 is 20.2 Å². The molecule has 1 aromatic carbocycles. The molecule has 1 aliphatic rings. The van der Waals surface area contributed by atoms with Gasteiger partial charge in [-0.1, -0.05) is 6.07 Å². The minimum absolute atomic E-state index is 0.00900. The number of aryl methyl sites for hydroxylation is 1. The van der Waals surface area contributed by atoms with Crippen molar-refractivity contribution < 1.29 is 18.7 Å². The van der Waals surface area contributed by atoms with Crippen LogP contribution in [0.5, 0.6) is 0 Å². The second-order valence-corrected chi connectivity index (χ2v) is 6.01. The highest BCUT2D eigenvalue weighted by Gasteiger charge is 2.28. The number of amides is 2. The lowest BCUT2D eigenvalue weighted by Crippen LogP contribution is -2.44. The number of halogens is 1. The highest BCUT2D eigenvalue weighted by Crippen LogP contribution is 2.31. The summed E-state index contributed by atoms with van der Waals surface area (Å²) in [6, 6.07) is 7.36. The standard InChI is InChI=1S/C17H19FN2O3/c1-17(22,15-3-2-8-23-15)10-19-16(21)20-14-7-5-11-4-6-12(18)9-13(11)14/h2-4,6,8-9,14,22H,5,7,10H2,1H3,(H2,19,20,21)/t14-,17+/m1/s1. The molecule has 0 spiro atoms. The topological polar surface area (TPSA) is 74.5 Å². The molecule has 0 radical (unpaired) electrons. The zero-order valence-corrected chi connectivity index (χ0v) is 12.8. The number of aliphatic hydroxyl groups is 1. The number of rotatable bonds is 4. The van der Waals surface area contributed by atoms with Crippen LogP contribution in [0.1, 0.15) is 36.3 Å². The third-order valence-electron chi connectivity index (χ3n) is 4.14. The Bertz CT molecular complexity index is 698. The Morgan fingerprint density at radius 3 is 3.04 bits per heavy atom. The molecule has 1 aliphatic carbocycles. The minimum atomic E-state index is -1.29. The Hall–Kier alpha value is -2.34.